The zero-order chi connectivity index (χ0) is 13.7. The Hall–Kier alpha value is -1.30. The van der Waals surface area contributed by atoms with Crippen molar-refractivity contribution < 1.29 is 14.3 Å². The zero-order valence-corrected chi connectivity index (χ0v) is 11.4. The van der Waals surface area contributed by atoms with Gasteiger partial charge in [-0.1, -0.05) is 11.6 Å². The Balaban J connectivity index is 1.78. The van der Waals surface area contributed by atoms with E-state index in [9.17, 15) is 4.79 Å². The number of nitrogens with zero attached hydrogens (tertiary/aromatic N) is 1. The number of benzene rings is 1. The number of ether oxygens (including phenoxy) is 2. The summed E-state index contributed by atoms with van der Waals surface area (Å²) in [6, 6.07) is 4.73. The predicted molar refractivity (Wildman–Crippen MR) is 73.4 cm³/mol. The van der Waals surface area contributed by atoms with Crippen LogP contribution < -0.4 is 5.73 Å². The van der Waals surface area contributed by atoms with Crippen molar-refractivity contribution in [1.82, 2.24) is 4.90 Å². The van der Waals surface area contributed by atoms with Crippen molar-refractivity contribution in [3.05, 3.63) is 28.8 Å². The van der Waals surface area contributed by atoms with E-state index in [-0.39, 0.29) is 5.97 Å². The monoisotopic (exact) mass is 284 g/mol. The first-order chi connectivity index (χ1) is 9.16. The number of nitrogens with two attached hydrogens (primary N) is 1. The Labute approximate surface area is 117 Å². The van der Waals surface area contributed by atoms with Gasteiger partial charge >= 0.3 is 5.97 Å². The molecule has 2 rings (SSSR count). The Morgan fingerprint density at radius 1 is 1.42 bits per heavy atom. The average molecular weight is 285 g/mol. The van der Waals surface area contributed by atoms with Gasteiger partial charge in [-0.05, 0) is 18.2 Å². The molecule has 2 N–H and O–H groups in total. The molecule has 0 aromatic heterocycles. The first-order valence-corrected chi connectivity index (χ1v) is 6.57. The van der Waals surface area contributed by atoms with Crippen LogP contribution in [0.1, 0.15) is 10.4 Å². The van der Waals surface area contributed by atoms with Crippen molar-refractivity contribution in [3.63, 3.8) is 0 Å². The molecular weight excluding hydrogens is 268 g/mol. The fourth-order valence-corrected chi connectivity index (χ4v) is 1.96. The molecule has 19 heavy (non-hydrogen) atoms. The van der Waals surface area contributed by atoms with Gasteiger partial charge in [0.2, 0.25) is 0 Å². The van der Waals surface area contributed by atoms with Crippen LogP contribution in [0.4, 0.5) is 5.69 Å². The SMILES string of the molecule is Nc1cc(C(=O)OCCN2CCOCC2)ccc1Cl. The lowest BCUT2D eigenvalue weighted by molar-refractivity contribution is 0.0195. The molecule has 0 atom stereocenters. The summed E-state index contributed by atoms with van der Waals surface area (Å²) < 4.78 is 10.5. The van der Waals surface area contributed by atoms with Crippen LogP contribution in [0.25, 0.3) is 0 Å². The minimum absolute atomic E-state index is 0.362. The maximum atomic E-state index is 11.8. The van der Waals surface area contributed by atoms with Crippen molar-refractivity contribution in [3.8, 4) is 0 Å². The van der Waals surface area contributed by atoms with Crippen LogP contribution in [-0.4, -0.2) is 50.3 Å². The van der Waals surface area contributed by atoms with Crippen LogP contribution in [0.5, 0.6) is 0 Å². The number of carbonyl (C=O) groups is 1. The number of carbonyl (C=O) groups excluding carboxylic acids is 1. The third-order valence-corrected chi connectivity index (χ3v) is 3.32. The Morgan fingerprint density at radius 3 is 2.84 bits per heavy atom. The van der Waals surface area contributed by atoms with E-state index in [4.69, 9.17) is 26.8 Å². The number of morpholine rings is 1. The van der Waals surface area contributed by atoms with Crippen molar-refractivity contribution in [1.29, 1.82) is 0 Å². The van der Waals surface area contributed by atoms with E-state index >= 15 is 0 Å². The summed E-state index contributed by atoms with van der Waals surface area (Å²) in [5.74, 6) is -0.378. The Kier molecular flexibility index (Phi) is 5.01. The molecule has 0 amide bonds. The van der Waals surface area contributed by atoms with Gasteiger partial charge < -0.3 is 15.2 Å². The van der Waals surface area contributed by atoms with Gasteiger partial charge in [-0.15, -0.1) is 0 Å². The molecule has 1 aromatic rings. The summed E-state index contributed by atoms with van der Waals surface area (Å²) in [5, 5.41) is 0.435. The van der Waals surface area contributed by atoms with E-state index in [1.54, 1.807) is 12.1 Å². The molecule has 0 unspecified atom stereocenters. The van der Waals surface area contributed by atoms with Gasteiger partial charge in [0.15, 0.2) is 0 Å². The van der Waals surface area contributed by atoms with Gasteiger partial charge in [0.1, 0.15) is 6.61 Å². The molecule has 1 aromatic carbocycles. The van der Waals surface area contributed by atoms with E-state index < -0.39 is 0 Å². The molecule has 1 heterocycles. The quantitative estimate of drug-likeness (QED) is 0.669. The molecule has 6 heteroatoms. The summed E-state index contributed by atoms with van der Waals surface area (Å²) in [6.07, 6.45) is 0. The number of hydrogen-bond acceptors (Lipinski definition) is 5. The minimum atomic E-state index is -0.378. The van der Waals surface area contributed by atoms with Crippen LogP contribution in [0.15, 0.2) is 18.2 Å². The number of nitrogen functional groups attached to an aromatic ring is 1. The lowest BCUT2D eigenvalue weighted by Crippen LogP contribution is -2.38. The van der Waals surface area contributed by atoms with Gasteiger partial charge in [-0.25, -0.2) is 4.79 Å². The molecule has 0 bridgehead atoms. The first-order valence-electron chi connectivity index (χ1n) is 6.19. The molecule has 0 aliphatic carbocycles. The molecule has 1 fully saturated rings. The largest absolute Gasteiger partial charge is 0.461 e. The topological polar surface area (TPSA) is 64.8 Å². The van der Waals surface area contributed by atoms with Gasteiger partial charge in [0.25, 0.3) is 0 Å². The lowest BCUT2D eigenvalue weighted by Gasteiger charge is -2.26. The second kappa shape index (κ2) is 6.75. The van der Waals surface area contributed by atoms with E-state index in [2.05, 4.69) is 4.90 Å². The van der Waals surface area contributed by atoms with Crippen LogP contribution in [0, 0.1) is 0 Å². The maximum Gasteiger partial charge on any atom is 0.338 e. The standard InChI is InChI=1S/C13H17ClN2O3/c14-11-2-1-10(9-12(11)15)13(17)19-8-5-16-3-6-18-7-4-16/h1-2,9H,3-8,15H2. The Morgan fingerprint density at radius 2 is 2.16 bits per heavy atom. The van der Waals surface area contributed by atoms with Crippen LogP contribution in [-0.2, 0) is 9.47 Å². The highest BCUT2D eigenvalue weighted by Gasteiger charge is 2.12. The highest BCUT2D eigenvalue weighted by atomic mass is 35.5. The molecule has 1 saturated heterocycles. The summed E-state index contributed by atoms with van der Waals surface area (Å²) in [4.78, 5) is 14.0. The average Bonchev–Trinajstić information content (AvgIpc) is 2.43. The Bertz CT molecular complexity index is 448. The first kappa shape index (κ1) is 14.1. The molecule has 0 spiro atoms. The van der Waals surface area contributed by atoms with Crippen LogP contribution in [0.2, 0.25) is 5.02 Å². The number of esters is 1. The third kappa shape index (κ3) is 4.09. The predicted octanol–water partition coefficient (Wildman–Crippen LogP) is 1.41. The van der Waals surface area contributed by atoms with Gasteiger partial charge in [0.05, 0.1) is 29.5 Å². The molecule has 1 aliphatic heterocycles. The molecule has 0 saturated carbocycles. The molecule has 104 valence electrons. The summed E-state index contributed by atoms with van der Waals surface area (Å²) in [5.41, 5.74) is 6.44. The number of anilines is 1. The molecule has 0 radical (unpaired) electrons. The fourth-order valence-electron chi connectivity index (χ4n) is 1.85. The maximum absolute atomic E-state index is 11.8. The second-order valence-electron chi connectivity index (χ2n) is 4.33. The molecular formula is C13H17ClN2O3. The number of halogens is 1. The van der Waals surface area contributed by atoms with Crippen LogP contribution >= 0.6 is 11.6 Å². The highest BCUT2D eigenvalue weighted by molar-refractivity contribution is 6.33. The fraction of sp³-hybridized carbons (Fsp3) is 0.462. The van der Waals surface area contributed by atoms with Crippen molar-refractivity contribution in [2.24, 2.45) is 0 Å². The van der Waals surface area contributed by atoms with E-state index in [1.165, 1.54) is 6.07 Å². The smallest absolute Gasteiger partial charge is 0.338 e. The van der Waals surface area contributed by atoms with Crippen molar-refractivity contribution in [2.75, 3.05) is 45.2 Å². The summed E-state index contributed by atoms with van der Waals surface area (Å²) >= 11 is 5.80. The summed E-state index contributed by atoms with van der Waals surface area (Å²) in [6.45, 7) is 4.32. The zero-order valence-electron chi connectivity index (χ0n) is 10.6. The molecule has 5 nitrogen and oxygen atoms in total. The second-order valence-corrected chi connectivity index (χ2v) is 4.73. The van der Waals surface area contributed by atoms with E-state index in [1.807, 2.05) is 0 Å². The number of rotatable bonds is 4. The van der Waals surface area contributed by atoms with E-state index in [0.29, 0.717) is 22.9 Å². The van der Waals surface area contributed by atoms with Gasteiger partial charge in [-0.3, -0.25) is 4.90 Å². The highest BCUT2D eigenvalue weighted by Crippen LogP contribution is 2.19. The van der Waals surface area contributed by atoms with Gasteiger partial charge in [0, 0.05) is 19.6 Å². The minimum Gasteiger partial charge on any atom is -0.461 e. The van der Waals surface area contributed by atoms with Crippen molar-refractivity contribution in [2.45, 2.75) is 0 Å². The molecule has 1 aliphatic rings. The van der Waals surface area contributed by atoms with Crippen molar-refractivity contribution >= 4 is 23.3 Å². The van der Waals surface area contributed by atoms with Crippen LogP contribution in [0.3, 0.4) is 0 Å². The third-order valence-electron chi connectivity index (χ3n) is 2.98. The lowest BCUT2D eigenvalue weighted by atomic mass is 10.2. The normalized spacial score (nSPS) is 16.3. The number of hydrogen-bond donors (Lipinski definition) is 1. The summed E-state index contributed by atoms with van der Waals surface area (Å²) in [7, 11) is 0. The van der Waals surface area contributed by atoms with E-state index in [0.717, 1.165) is 32.8 Å². The van der Waals surface area contributed by atoms with Gasteiger partial charge in [-0.2, -0.15) is 0 Å².